The molecule has 4 rings (SSSR count). The number of rotatable bonds is 4. The van der Waals surface area contributed by atoms with Crippen LogP contribution in [0.3, 0.4) is 0 Å². The van der Waals surface area contributed by atoms with Crippen LogP contribution < -0.4 is 10.9 Å². The summed E-state index contributed by atoms with van der Waals surface area (Å²) in [6.07, 6.45) is 5.43. The highest BCUT2D eigenvalue weighted by atomic mass is 35.5. The Balaban J connectivity index is 1.64. The first-order chi connectivity index (χ1) is 13.6. The van der Waals surface area contributed by atoms with Crippen molar-refractivity contribution in [3.63, 3.8) is 0 Å². The summed E-state index contributed by atoms with van der Waals surface area (Å²) >= 11 is 6.52. The largest absolute Gasteiger partial charge is 0.351 e. The van der Waals surface area contributed by atoms with E-state index in [-0.39, 0.29) is 16.9 Å². The number of aromatic nitrogens is 1. The minimum Gasteiger partial charge on any atom is -0.351 e. The van der Waals surface area contributed by atoms with Crippen LogP contribution in [0.4, 0.5) is 0 Å². The second-order valence-corrected chi connectivity index (χ2v) is 8.00. The number of pyridine rings is 1. The Morgan fingerprint density at radius 3 is 2.54 bits per heavy atom. The molecule has 144 valence electrons. The maximum absolute atomic E-state index is 13.0. The predicted molar refractivity (Wildman–Crippen MR) is 113 cm³/mol. The van der Waals surface area contributed by atoms with E-state index in [0.717, 1.165) is 41.7 Å². The maximum atomic E-state index is 13.0. The Morgan fingerprint density at radius 1 is 1.04 bits per heavy atom. The van der Waals surface area contributed by atoms with Crippen molar-refractivity contribution in [2.24, 2.45) is 0 Å². The number of amides is 1. The molecule has 0 radical (unpaired) electrons. The standard InChI is InChI=1S/C23H23ClN2O2/c24-19-10-4-3-9-18(19)23(12-6-1-7-13-23)15-25-22(28)17-14-21(27)26-20-11-5-2-8-16(17)20/h2-5,8-11,14H,1,6-7,12-13,15H2,(H,25,28)(H,26,27). The van der Waals surface area contributed by atoms with E-state index in [1.54, 1.807) is 6.07 Å². The summed E-state index contributed by atoms with van der Waals surface area (Å²) in [7, 11) is 0. The van der Waals surface area contributed by atoms with Crippen LogP contribution >= 0.6 is 11.6 Å². The van der Waals surface area contributed by atoms with Crippen LogP contribution in [0.5, 0.6) is 0 Å². The summed E-state index contributed by atoms with van der Waals surface area (Å²) in [6.45, 7) is 0.511. The molecule has 1 aliphatic rings. The summed E-state index contributed by atoms with van der Waals surface area (Å²) < 4.78 is 0. The highest BCUT2D eigenvalue weighted by molar-refractivity contribution is 6.31. The average Bonchev–Trinajstić information content (AvgIpc) is 2.72. The highest BCUT2D eigenvalue weighted by Gasteiger charge is 2.35. The number of fused-ring (bicyclic) bond motifs is 1. The van der Waals surface area contributed by atoms with Crippen molar-refractivity contribution in [3.8, 4) is 0 Å². The van der Waals surface area contributed by atoms with E-state index >= 15 is 0 Å². The minimum atomic E-state index is -0.276. The molecule has 1 aliphatic carbocycles. The molecule has 0 atom stereocenters. The van der Waals surface area contributed by atoms with Crippen molar-refractivity contribution in [1.82, 2.24) is 10.3 Å². The summed E-state index contributed by atoms with van der Waals surface area (Å²) in [5.74, 6) is -0.223. The molecular weight excluding hydrogens is 372 g/mol. The van der Waals surface area contributed by atoms with Crippen LogP contribution in [0.25, 0.3) is 10.9 Å². The van der Waals surface area contributed by atoms with Gasteiger partial charge in [-0.15, -0.1) is 0 Å². The Kier molecular flexibility index (Phi) is 5.23. The van der Waals surface area contributed by atoms with Gasteiger partial charge in [-0.1, -0.05) is 67.3 Å². The van der Waals surface area contributed by atoms with Crippen LogP contribution in [0.1, 0.15) is 48.0 Å². The lowest BCUT2D eigenvalue weighted by Crippen LogP contribution is -2.42. The number of nitrogens with one attached hydrogen (secondary N) is 2. The second-order valence-electron chi connectivity index (χ2n) is 7.60. The van der Waals surface area contributed by atoms with E-state index in [4.69, 9.17) is 11.6 Å². The number of H-pyrrole nitrogens is 1. The number of carbonyl (C=O) groups is 1. The highest BCUT2D eigenvalue weighted by Crippen LogP contribution is 2.41. The van der Waals surface area contributed by atoms with E-state index in [1.165, 1.54) is 12.5 Å². The number of hydrogen-bond acceptors (Lipinski definition) is 2. The molecule has 5 heteroatoms. The van der Waals surface area contributed by atoms with Crippen molar-refractivity contribution in [1.29, 1.82) is 0 Å². The Bertz CT molecular complexity index is 1070. The first-order valence-electron chi connectivity index (χ1n) is 9.74. The summed E-state index contributed by atoms with van der Waals surface area (Å²) in [4.78, 5) is 27.8. The number of para-hydroxylation sites is 1. The van der Waals surface area contributed by atoms with Gasteiger partial charge in [0, 0.05) is 34.0 Å². The van der Waals surface area contributed by atoms with Gasteiger partial charge in [0.2, 0.25) is 5.56 Å². The topological polar surface area (TPSA) is 62.0 Å². The van der Waals surface area contributed by atoms with Crippen molar-refractivity contribution >= 4 is 28.4 Å². The molecule has 0 bridgehead atoms. The monoisotopic (exact) mass is 394 g/mol. The van der Waals surface area contributed by atoms with Crippen LogP contribution in [-0.4, -0.2) is 17.4 Å². The van der Waals surface area contributed by atoms with Gasteiger partial charge in [-0.3, -0.25) is 9.59 Å². The minimum absolute atomic E-state index is 0.163. The molecule has 2 N–H and O–H groups in total. The average molecular weight is 395 g/mol. The molecule has 0 unspecified atom stereocenters. The number of aromatic amines is 1. The van der Waals surface area contributed by atoms with Gasteiger partial charge < -0.3 is 10.3 Å². The molecule has 1 amide bonds. The molecule has 0 aliphatic heterocycles. The predicted octanol–water partition coefficient (Wildman–Crippen LogP) is 4.81. The fraction of sp³-hybridized carbons (Fsp3) is 0.304. The molecule has 1 heterocycles. The molecule has 3 aromatic rings. The molecule has 1 fully saturated rings. The van der Waals surface area contributed by atoms with Crippen molar-refractivity contribution in [2.45, 2.75) is 37.5 Å². The molecule has 28 heavy (non-hydrogen) atoms. The van der Waals surface area contributed by atoms with Crippen molar-refractivity contribution in [2.75, 3.05) is 6.54 Å². The normalized spacial score (nSPS) is 16.0. The maximum Gasteiger partial charge on any atom is 0.252 e. The Morgan fingerprint density at radius 2 is 1.75 bits per heavy atom. The van der Waals surface area contributed by atoms with Gasteiger partial charge in [-0.25, -0.2) is 0 Å². The quantitative estimate of drug-likeness (QED) is 0.666. The van der Waals surface area contributed by atoms with Crippen LogP contribution in [-0.2, 0) is 5.41 Å². The fourth-order valence-electron chi connectivity index (χ4n) is 4.40. The van der Waals surface area contributed by atoms with Crippen LogP contribution in [0.15, 0.2) is 59.4 Å². The van der Waals surface area contributed by atoms with Crippen LogP contribution in [0, 0.1) is 0 Å². The zero-order chi connectivity index (χ0) is 19.6. The SMILES string of the molecule is O=C(NCC1(c2ccccc2Cl)CCCCC1)c1cc(=O)[nH]c2ccccc12. The first kappa shape index (κ1) is 18.8. The molecule has 1 saturated carbocycles. The number of benzene rings is 2. The third kappa shape index (κ3) is 3.57. The zero-order valence-corrected chi connectivity index (χ0v) is 16.4. The van der Waals surface area contributed by atoms with Gasteiger partial charge in [0.25, 0.3) is 5.91 Å². The molecule has 1 aromatic heterocycles. The molecule has 2 aromatic carbocycles. The summed E-state index contributed by atoms with van der Waals surface area (Å²) in [6, 6.07) is 16.7. The van der Waals surface area contributed by atoms with Gasteiger partial charge >= 0.3 is 0 Å². The molecule has 0 spiro atoms. The fourth-order valence-corrected chi connectivity index (χ4v) is 4.73. The Hall–Kier alpha value is -2.59. The van der Waals surface area contributed by atoms with Gasteiger partial charge in [-0.2, -0.15) is 0 Å². The van der Waals surface area contributed by atoms with E-state index in [2.05, 4.69) is 16.4 Å². The molecule has 0 saturated heterocycles. The lowest BCUT2D eigenvalue weighted by molar-refractivity contribution is 0.0938. The number of halogens is 1. The lowest BCUT2D eigenvalue weighted by atomic mass is 9.69. The number of carbonyl (C=O) groups excluding carboxylic acids is 1. The van der Waals surface area contributed by atoms with E-state index in [9.17, 15) is 9.59 Å². The van der Waals surface area contributed by atoms with E-state index in [0.29, 0.717) is 17.6 Å². The van der Waals surface area contributed by atoms with Gasteiger partial charge in [0.1, 0.15) is 0 Å². The Labute approximate surface area is 168 Å². The second kappa shape index (κ2) is 7.80. The zero-order valence-electron chi connectivity index (χ0n) is 15.6. The third-order valence-electron chi connectivity index (χ3n) is 5.84. The van der Waals surface area contributed by atoms with Crippen molar-refractivity contribution < 1.29 is 4.79 Å². The third-order valence-corrected chi connectivity index (χ3v) is 6.17. The van der Waals surface area contributed by atoms with E-state index < -0.39 is 0 Å². The smallest absolute Gasteiger partial charge is 0.252 e. The molecule has 4 nitrogen and oxygen atoms in total. The van der Waals surface area contributed by atoms with Gasteiger partial charge in [0.05, 0.1) is 5.56 Å². The van der Waals surface area contributed by atoms with Crippen molar-refractivity contribution in [3.05, 3.63) is 81.1 Å². The molecular formula is C23H23ClN2O2. The summed E-state index contributed by atoms with van der Waals surface area (Å²) in [5.41, 5.74) is 1.74. The summed E-state index contributed by atoms with van der Waals surface area (Å²) in [5, 5.41) is 4.60. The van der Waals surface area contributed by atoms with E-state index in [1.807, 2.05) is 36.4 Å². The first-order valence-corrected chi connectivity index (χ1v) is 10.1. The lowest BCUT2D eigenvalue weighted by Gasteiger charge is -2.38. The van der Waals surface area contributed by atoms with Gasteiger partial charge in [-0.05, 0) is 30.5 Å². The number of hydrogen-bond donors (Lipinski definition) is 2. The van der Waals surface area contributed by atoms with Gasteiger partial charge in [0.15, 0.2) is 0 Å². The van der Waals surface area contributed by atoms with Crippen LogP contribution in [0.2, 0.25) is 5.02 Å².